The standard InChI is InChI=1S/C18H25F3N4O2S.HI/c1-22-17(24-12-15-10-14-4-2-3-5-16(14)15)23-11-13-6-8-25(9-7-13)28(26,27)18(19,20)21;/h2-5,13,15H,6-12H2,1H3,(H2,22,23,24);1H. The molecular formula is C18H26F3IN4O2S. The third-order valence-corrected chi connectivity index (χ3v) is 7.09. The van der Waals surface area contributed by atoms with E-state index in [1.54, 1.807) is 7.05 Å². The number of guanidine groups is 1. The molecule has 3 rings (SSSR count). The highest BCUT2D eigenvalue weighted by atomic mass is 127. The lowest BCUT2D eigenvalue weighted by molar-refractivity contribution is -0.0496. The Kier molecular flexibility index (Phi) is 8.19. The first-order chi connectivity index (χ1) is 13.2. The maximum atomic E-state index is 12.6. The molecular weight excluding hydrogens is 520 g/mol. The molecule has 2 aliphatic rings. The third-order valence-electron chi connectivity index (χ3n) is 5.46. The summed E-state index contributed by atoms with van der Waals surface area (Å²) in [6.45, 7) is 1.08. The zero-order valence-corrected chi connectivity index (χ0v) is 19.2. The molecule has 1 atom stereocenters. The van der Waals surface area contributed by atoms with Gasteiger partial charge in [0.1, 0.15) is 0 Å². The molecule has 29 heavy (non-hydrogen) atoms. The Bertz CT molecular complexity index is 825. The Balaban J connectivity index is 0.00000300. The molecule has 1 aliphatic carbocycles. The van der Waals surface area contributed by atoms with Crippen molar-refractivity contribution < 1.29 is 21.6 Å². The summed E-state index contributed by atoms with van der Waals surface area (Å²) in [6, 6.07) is 8.33. The van der Waals surface area contributed by atoms with Crippen LogP contribution in [0.1, 0.15) is 29.9 Å². The molecule has 2 N–H and O–H groups in total. The number of hydrogen-bond donors (Lipinski definition) is 2. The van der Waals surface area contributed by atoms with Crippen LogP contribution in [-0.2, 0) is 16.4 Å². The van der Waals surface area contributed by atoms with Crippen molar-refractivity contribution in [1.82, 2.24) is 14.9 Å². The first-order valence-corrected chi connectivity index (χ1v) is 10.7. The van der Waals surface area contributed by atoms with Crippen LogP contribution in [0.15, 0.2) is 29.3 Å². The van der Waals surface area contributed by atoms with Crippen molar-refractivity contribution in [3.05, 3.63) is 35.4 Å². The predicted molar refractivity (Wildman–Crippen MR) is 117 cm³/mol. The minimum atomic E-state index is -5.23. The number of halogens is 4. The maximum absolute atomic E-state index is 12.6. The number of alkyl halides is 3. The molecule has 6 nitrogen and oxygen atoms in total. The topological polar surface area (TPSA) is 73.8 Å². The fraction of sp³-hybridized carbons (Fsp3) is 0.611. The van der Waals surface area contributed by atoms with E-state index in [4.69, 9.17) is 0 Å². The van der Waals surface area contributed by atoms with E-state index in [-0.39, 0.29) is 43.0 Å². The number of fused-ring (bicyclic) bond motifs is 1. The Labute approximate surface area is 186 Å². The van der Waals surface area contributed by atoms with Crippen LogP contribution >= 0.6 is 24.0 Å². The molecule has 11 heteroatoms. The van der Waals surface area contributed by atoms with Gasteiger partial charge in [-0.2, -0.15) is 17.5 Å². The number of piperidine rings is 1. The van der Waals surface area contributed by atoms with Crippen molar-refractivity contribution in [2.24, 2.45) is 10.9 Å². The quantitative estimate of drug-likeness (QED) is 0.339. The van der Waals surface area contributed by atoms with E-state index >= 15 is 0 Å². The van der Waals surface area contributed by atoms with Crippen LogP contribution in [0.25, 0.3) is 0 Å². The van der Waals surface area contributed by atoms with E-state index in [0.717, 1.165) is 13.0 Å². The van der Waals surface area contributed by atoms with Gasteiger partial charge in [-0.15, -0.1) is 24.0 Å². The van der Waals surface area contributed by atoms with Crippen molar-refractivity contribution in [3.8, 4) is 0 Å². The van der Waals surface area contributed by atoms with Gasteiger partial charge < -0.3 is 10.6 Å². The van der Waals surface area contributed by atoms with Crippen LogP contribution in [0, 0.1) is 5.92 Å². The van der Waals surface area contributed by atoms with Crippen molar-refractivity contribution in [1.29, 1.82) is 0 Å². The van der Waals surface area contributed by atoms with Crippen LogP contribution < -0.4 is 10.6 Å². The summed E-state index contributed by atoms with van der Waals surface area (Å²) < 4.78 is 61.3. The molecule has 1 aliphatic heterocycles. The Morgan fingerprint density at radius 1 is 1.17 bits per heavy atom. The minimum Gasteiger partial charge on any atom is -0.356 e. The van der Waals surface area contributed by atoms with Crippen LogP contribution in [0.4, 0.5) is 13.2 Å². The van der Waals surface area contributed by atoms with Crippen molar-refractivity contribution in [3.63, 3.8) is 0 Å². The summed E-state index contributed by atoms with van der Waals surface area (Å²) in [6.07, 6.45) is 1.80. The Hall–Kier alpha value is -1.08. The SMILES string of the molecule is CN=C(NCC1CCN(S(=O)(=O)C(F)(F)F)CC1)NCC1Cc2ccccc21.I. The number of nitrogens with one attached hydrogen (secondary N) is 2. The highest BCUT2D eigenvalue weighted by molar-refractivity contribution is 14.0. The smallest absolute Gasteiger partial charge is 0.356 e. The summed E-state index contributed by atoms with van der Waals surface area (Å²) in [5.41, 5.74) is -2.51. The fourth-order valence-electron chi connectivity index (χ4n) is 3.73. The van der Waals surface area contributed by atoms with Crippen LogP contribution in [0.2, 0.25) is 0 Å². The summed E-state index contributed by atoms with van der Waals surface area (Å²) >= 11 is 0. The van der Waals surface area contributed by atoms with E-state index < -0.39 is 15.5 Å². The summed E-state index contributed by atoms with van der Waals surface area (Å²) in [5.74, 6) is 1.20. The highest BCUT2D eigenvalue weighted by Crippen LogP contribution is 2.34. The molecule has 0 bridgehead atoms. The molecule has 0 spiro atoms. The van der Waals surface area contributed by atoms with Gasteiger partial charge in [0.2, 0.25) is 0 Å². The van der Waals surface area contributed by atoms with Gasteiger partial charge in [0.25, 0.3) is 0 Å². The molecule has 0 saturated carbocycles. The van der Waals surface area contributed by atoms with E-state index in [1.807, 2.05) is 12.1 Å². The van der Waals surface area contributed by atoms with Gasteiger partial charge in [-0.3, -0.25) is 4.99 Å². The molecule has 1 fully saturated rings. The largest absolute Gasteiger partial charge is 0.511 e. The second kappa shape index (κ2) is 9.82. The first kappa shape index (κ1) is 24.2. The molecule has 1 saturated heterocycles. The van der Waals surface area contributed by atoms with Crippen LogP contribution in [0.5, 0.6) is 0 Å². The first-order valence-electron chi connectivity index (χ1n) is 9.31. The fourth-order valence-corrected chi connectivity index (χ4v) is 4.71. The van der Waals surface area contributed by atoms with Gasteiger partial charge in [-0.1, -0.05) is 24.3 Å². The summed E-state index contributed by atoms with van der Waals surface area (Å²) in [7, 11) is -3.55. The summed E-state index contributed by atoms with van der Waals surface area (Å²) in [4.78, 5) is 4.18. The normalized spacial score (nSPS) is 21.0. The van der Waals surface area contributed by atoms with Gasteiger partial charge in [0, 0.05) is 39.1 Å². The lowest BCUT2D eigenvalue weighted by Gasteiger charge is -2.32. The van der Waals surface area contributed by atoms with E-state index in [1.165, 1.54) is 11.1 Å². The van der Waals surface area contributed by atoms with E-state index in [0.29, 0.717) is 35.6 Å². The van der Waals surface area contributed by atoms with Gasteiger partial charge in [-0.05, 0) is 36.3 Å². The molecule has 1 aromatic carbocycles. The second-order valence-corrected chi connectivity index (χ2v) is 9.16. The monoisotopic (exact) mass is 546 g/mol. The summed E-state index contributed by atoms with van der Waals surface area (Å²) in [5, 5.41) is 6.49. The number of benzene rings is 1. The van der Waals surface area contributed by atoms with Crippen LogP contribution in [0.3, 0.4) is 0 Å². The molecule has 164 valence electrons. The Morgan fingerprint density at radius 3 is 2.38 bits per heavy atom. The minimum absolute atomic E-state index is 0. The van der Waals surface area contributed by atoms with E-state index in [2.05, 4.69) is 27.8 Å². The highest BCUT2D eigenvalue weighted by Gasteiger charge is 2.50. The zero-order chi connectivity index (χ0) is 20.4. The molecule has 1 heterocycles. The van der Waals surface area contributed by atoms with Gasteiger partial charge in [0.15, 0.2) is 5.96 Å². The zero-order valence-electron chi connectivity index (χ0n) is 16.1. The lowest BCUT2D eigenvalue weighted by atomic mass is 9.78. The molecule has 1 unspecified atom stereocenters. The molecule has 0 radical (unpaired) electrons. The predicted octanol–water partition coefficient (Wildman–Crippen LogP) is 2.67. The molecule has 0 aromatic heterocycles. The number of sulfonamides is 1. The van der Waals surface area contributed by atoms with Crippen LogP contribution in [-0.4, -0.2) is 57.4 Å². The second-order valence-electron chi connectivity index (χ2n) is 7.23. The van der Waals surface area contributed by atoms with Gasteiger partial charge in [-0.25, -0.2) is 8.42 Å². The van der Waals surface area contributed by atoms with Crippen molar-refractivity contribution in [2.75, 3.05) is 33.2 Å². The number of hydrogen-bond acceptors (Lipinski definition) is 3. The van der Waals surface area contributed by atoms with Gasteiger partial charge >= 0.3 is 15.5 Å². The Morgan fingerprint density at radius 2 is 1.79 bits per heavy atom. The number of nitrogens with zero attached hydrogens (tertiary/aromatic N) is 2. The van der Waals surface area contributed by atoms with Gasteiger partial charge in [0.05, 0.1) is 0 Å². The van der Waals surface area contributed by atoms with Crippen molar-refractivity contribution >= 4 is 40.0 Å². The third kappa shape index (κ3) is 5.54. The number of rotatable bonds is 5. The number of aliphatic imine (C=N–C) groups is 1. The van der Waals surface area contributed by atoms with Crippen molar-refractivity contribution in [2.45, 2.75) is 30.7 Å². The lowest BCUT2D eigenvalue weighted by Crippen LogP contribution is -2.47. The molecule has 1 aromatic rings. The average Bonchev–Trinajstić information content (AvgIpc) is 2.64. The molecule has 0 amide bonds. The van der Waals surface area contributed by atoms with E-state index in [9.17, 15) is 21.6 Å². The average molecular weight is 546 g/mol. The maximum Gasteiger partial charge on any atom is 0.511 e.